The van der Waals surface area contributed by atoms with E-state index in [9.17, 15) is 19.2 Å². The summed E-state index contributed by atoms with van der Waals surface area (Å²) in [5.74, 6) is -0.771. The first-order chi connectivity index (χ1) is 18.8. The molecule has 5 rings (SSSR count). The number of carbonyl (C=O) groups excluding carboxylic acids is 2. The van der Waals surface area contributed by atoms with Crippen molar-refractivity contribution in [2.45, 2.75) is 53.4 Å². The second kappa shape index (κ2) is 11.8. The minimum absolute atomic E-state index is 0.00468. The maximum Gasteiger partial charge on any atom is 0.347 e. The topological polar surface area (TPSA) is 131 Å². The van der Waals surface area contributed by atoms with Crippen molar-refractivity contribution in [3.05, 3.63) is 98.0 Å². The van der Waals surface area contributed by atoms with E-state index in [1.54, 1.807) is 21.6 Å². The monoisotopic (exact) mass is 532 g/mol. The van der Waals surface area contributed by atoms with E-state index in [-0.39, 0.29) is 47.8 Å². The summed E-state index contributed by atoms with van der Waals surface area (Å²) < 4.78 is 8.88. The first kappa shape index (κ1) is 27.4. The van der Waals surface area contributed by atoms with Gasteiger partial charge in [0.2, 0.25) is 5.43 Å². The van der Waals surface area contributed by atoms with Gasteiger partial charge in [-0.1, -0.05) is 44.2 Å². The number of carbonyl (C=O) groups is 2. The van der Waals surface area contributed by atoms with Gasteiger partial charge in [0, 0.05) is 37.1 Å². The van der Waals surface area contributed by atoms with Gasteiger partial charge in [0.1, 0.15) is 6.61 Å². The number of hydrogen-bond donors (Lipinski definition) is 2. The van der Waals surface area contributed by atoms with Crippen molar-refractivity contribution >= 4 is 17.5 Å². The van der Waals surface area contributed by atoms with Gasteiger partial charge >= 0.3 is 5.69 Å². The summed E-state index contributed by atoms with van der Waals surface area (Å²) >= 11 is 0. The van der Waals surface area contributed by atoms with E-state index in [0.29, 0.717) is 18.8 Å². The number of nitrogens with zero attached hydrogens (tertiary/aromatic N) is 4. The molecule has 11 nitrogen and oxygen atoms in total. The van der Waals surface area contributed by atoms with Crippen LogP contribution in [-0.2, 0) is 19.7 Å². The summed E-state index contributed by atoms with van der Waals surface area (Å²) in [7, 11) is 0. The molecule has 204 valence electrons. The number of aromatic amines is 1. The molecule has 1 aliphatic rings. The molecule has 0 unspecified atom stereocenters. The number of nitrogens with one attached hydrogen (secondary N) is 2. The molecule has 2 amide bonds. The Morgan fingerprint density at radius 3 is 2.54 bits per heavy atom. The Balaban J connectivity index is 0.00000172. The lowest BCUT2D eigenvalue weighted by atomic mass is 10.1. The SMILES string of the molecule is CC.CC(C)N1CCn2c(CNC(=O)c3cccn4c(=O)[nH]nc34)cc(=O)c(OCc3ccccc3)c2C1=O. The number of hydrogen-bond acceptors (Lipinski definition) is 6. The number of rotatable bonds is 7. The summed E-state index contributed by atoms with van der Waals surface area (Å²) in [4.78, 5) is 53.1. The third kappa shape index (κ3) is 5.47. The molecule has 0 atom stereocenters. The Morgan fingerprint density at radius 1 is 1.08 bits per heavy atom. The van der Waals surface area contributed by atoms with Gasteiger partial charge < -0.3 is 19.5 Å². The first-order valence-corrected chi connectivity index (χ1v) is 12.9. The van der Waals surface area contributed by atoms with Crippen molar-refractivity contribution in [1.82, 2.24) is 29.4 Å². The molecule has 2 N–H and O–H groups in total. The van der Waals surface area contributed by atoms with Gasteiger partial charge in [0.15, 0.2) is 17.1 Å². The van der Waals surface area contributed by atoms with Crippen LogP contribution in [-0.4, -0.2) is 48.5 Å². The smallest absolute Gasteiger partial charge is 0.347 e. The van der Waals surface area contributed by atoms with Gasteiger partial charge in [-0.3, -0.25) is 14.4 Å². The number of H-pyrrole nitrogens is 1. The summed E-state index contributed by atoms with van der Waals surface area (Å²) in [6, 6.07) is 13.9. The average Bonchev–Trinajstić information content (AvgIpc) is 3.33. The molecule has 4 heterocycles. The number of aromatic nitrogens is 4. The number of ether oxygens (including phenoxy) is 1. The van der Waals surface area contributed by atoms with Gasteiger partial charge in [-0.25, -0.2) is 14.3 Å². The zero-order valence-corrected chi connectivity index (χ0v) is 22.4. The summed E-state index contributed by atoms with van der Waals surface area (Å²) in [6.45, 7) is 8.87. The van der Waals surface area contributed by atoms with Crippen LogP contribution in [0.1, 0.15) is 59.8 Å². The van der Waals surface area contributed by atoms with E-state index in [0.717, 1.165) is 5.56 Å². The Morgan fingerprint density at radius 2 is 1.82 bits per heavy atom. The summed E-state index contributed by atoms with van der Waals surface area (Å²) in [5, 5.41) is 9.02. The average molecular weight is 533 g/mol. The van der Waals surface area contributed by atoms with Crippen molar-refractivity contribution in [1.29, 1.82) is 0 Å². The molecule has 0 fully saturated rings. The largest absolute Gasteiger partial charge is 0.483 e. The van der Waals surface area contributed by atoms with Gasteiger partial charge in [0.05, 0.1) is 12.1 Å². The molecule has 1 aromatic carbocycles. The van der Waals surface area contributed by atoms with Gasteiger partial charge in [-0.05, 0) is 31.5 Å². The van der Waals surface area contributed by atoms with Gasteiger partial charge in [-0.15, -0.1) is 0 Å². The van der Waals surface area contributed by atoms with Crippen molar-refractivity contribution in [2.24, 2.45) is 0 Å². The molecule has 0 saturated heterocycles. The van der Waals surface area contributed by atoms with Crippen molar-refractivity contribution in [3.8, 4) is 5.75 Å². The molecule has 0 radical (unpaired) electrons. The van der Waals surface area contributed by atoms with E-state index in [1.807, 2.05) is 58.0 Å². The quantitative estimate of drug-likeness (QED) is 0.376. The van der Waals surface area contributed by atoms with E-state index in [2.05, 4.69) is 15.5 Å². The Bertz CT molecular complexity index is 1600. The maximum atomic E-state index is 13.5. The van der Waals surface area contributed by atoms with Crippen LogP contribution in [0.25, 0.3) is 5.65 Å². The second-order valence-electron chi connectivity index (χ2n) is 9.02. The first-order valence-electron chi connectivity index (χ1n) is 12.9. The molecular weight excluding hydrogens is 500 g/mol. The predicted molar refractivity (Wildman–Crippen MR) is 146 cm³/mol. The fourth-order valence-electron chi connectivity index (χ4n) is 4.48. The van der Waals surface area contributed by atoms with Crippen molar-refractivity contribution in [2.75, 3.05) is 6.54 Å². The van der Waals surface area contributed by atoms with E-state index in [4.69, 9.17) is 4.74 Å². The number of amides is 2. The zero-order valence-electron chi connectivity index (χ0n) is 22.4. The molecule has 4 aromatic rings. The third-order valence-electron chi connectivity index (χ3n) is 6.35. The number of fused-ring (bicyclic) bond motifs is 2. The lowest BCUT2D eigenvalue weighted by molar-refractivity contribution is 0.0636. The summed E-state index contributed by atoms with van der Waals surface area (Å²) in [6.07, 6.45) is 1.51. The second-order valence-corrected chi connectivity index (χ2v) is 9.02. The van der Waals surface area contributed by atoms with Crippen molar-refractivity contribution in [3.63, 3.8) is 0 Å². The van der Waals surface area contributed by atoms with Crippen LogP contribution in [0.5, 0.6) is 5.75 Å². The molecule has 1 aliphatic heterocycles. The predicted octanol–water partition coefficient (Wildman–Crippen LogP) is 2.58. The highest BCUT2D eigenvalue weighted by molar-refractivity contribution is 5.99. The molecule has 0 spiro atoms. The van der Waals surface area contributed by atoms with Gasteiger partial charge in [0.25, 0.3) is 11.8 Å². The van der Waals surface area contributed by atoms with Gasteiger partial charge in [-0.2, -0.15) is 5.10 Å². The highest BCUT2D eigenvalue weighted by Gasteiger charge is 2.32. The highest BCUT2D eigenvalue weighted by Crippen LogP contribution is 2.24. The number of benzene rings is 1. The molecule has 39 heavy (non-hydrogen) atoms. The molecule has 0 aliphatic carbocycles. The van der Waals surface area contributed by atoms with Crippen molar-refractivity contribution < 1.29 is 14.3 Å². The maximum absolute atomic E-state index is 13.5. The fraction of sp³-hybridized carbons (Fsp3) is 0.321. The van der Waals surface area contributed by atoms with Crippen LogP contribution < -0.4 is 21.2 Å². The summed E-state index contributed by atoms with van der Waals surface area (Å²) in [5.41, 5.74) is 1.02. The number of pyridine rings is 2. The molecule has 0 saturated carbocycles. The highest BCUT2D eigenvalue weighted by atomic mass is 16.5. The lowest BCUT2D eigenvalue weighted by Gasteiger charge is -2.35. The van der Waals surface area contributed by atoms with Crippen LogP contribution in [0.4, 0.5) is 0 Å². The fourth-order valence-corrected chi connectivity index (χ4v) is 4.48. The molecule has 0 bridgehead atoms. The lowest BCUT2D eigenvalue weighted by Crippen LogP contribution is -2.46. The minimum atomic E-state index is -0.471. The Hall–Kier alpha value is -4.67. The third-order valence-corrected chi connectivity index (χ3v) is 6.35. The standard InChI is InChI=1S/C26H26N6O5.C2H6/c1-16(2)30-11-12-31-18(14-27-24(34)19-9-6-10-32-23(19)28-29-26(32)36)13-20(33)22(21(31)25(30)35)37-15-17-7-4-3-5-8-17;1-2/h3-10,13,16H,11-12,14-15H2,1-2H3,(H,27,34)(H,29,36);1-2H3. The molecule has 3 aromatic heterocycles. The van der Waals surface area contributed by atoms with E-state index >= 15 is 0 Å². The van der Waals surface area contributed by atoms with E-state index in [1.165, 1.54) is 16.7 Å². The molecular formula is C28H32N6O5. The van der Waals surface area contributed by atoms with Crippen LogP contribution in [0.15, 0.2) is 64.3 Å². The minimum Gasteiger partial charge on any atom is -0.483 e. The Labute approximate surface area is 225 Å². The molecule has 11 heteroatoms. The Kier molecular flexibility index (Phi) is 8.28. The van der Waals surface area contributed by atoms with E-state index < -0.39 is 17.0 Å². The van der Waals surface area contributed by atoms with Crippen LogP contribution in [0, 0.1) is 0 Å². The van der Waals surface area contributed by atoms with Crippen LogP contribution >= 0.6 is 0 Å². The zero-order chi connectivity index (χ0) is 28.1. The van der Waals surface area contributed by atoms with Crippen LogP contribution in [0.2, 0.25) is 0 Å². The normalized spacial score (nSPS) is 12.6. The van der Waals surface area contributed by atoms with Crippen LogP contribution in [0.3, 0.4) is 0 Å².